The molecule has 3 unspecified atom stereocenters. The minimum absolute atomic E-state index is 0.0229. The van der Waals surface area contributed by atoms with Crippen molar-refractivity contribution in [2.45, 2.75) is 56.3 Å². The van der Waals surface area contributed by atoms with Crippen molar-refractivity contribution >= 4 is 34.4 Å². The van der Waals surface area contributed by atoms with Gasteiger partial charge in [0.05, 0.1) is 11.1 Å². The first-order chi connectivity index (χ1) is 14.9. The van der Waals surface area contributed by atoms with E-state index in [1.165, 1.54) is 0 Å². The average Bonchev–Trinajstić information content (AvgIpc) is 3.18. The number of rotatable bonds is 3. The standard InChI is InChI=1S/C24H28ClN3O3/c25-18-2-3-20-15(9-18)1-4-21(27-20)26-19-5-6-28(13-19)23(29)31-22-16-7-14-8-17(22)12-24(30,10-14)11-16/h1-4,9,14,16-17,19,22,30H,5-8,10-13H2,(H,26,27)/t14?,16-,17?,19+,22?,24-/m0/s1. The number of aliphatic hydroxyl groups is 1. The molecule has 0 radical (unpaired) electrons. The van der Waals surface area contributed by atoms with Crippen LogP contribution in [-0.4, -0.2) is 51.9 Å². The number of halogens is 1. The maximum Gasteiger partial charge on any atom is 0.410 e. The summed E-state index contributed by atoms with van der Waals surface area (Å²) in [7, 11) is 0. The molecule has 5 aliphatic rings. The second-order valence-electron chi connectivity index (χ2n) is 10.2. The Morgan fingerprint density at radius 2 is 2.00 bits per heavy atom. The molecule has 1 amide bonds. The molecule has 6 nitrogen and oxygen atoms in total. The number of aromatic nitrogens is 1. The van der Waals surface area contributed by atoms with Crippen LogP contribution >= 0.6 is 11.6 Å². The van der Waals surface area contributed by atoms with Crippen molar-refractivity contribution in [3.63, 3.8) is 0 Å². The highest BCUT2D eigenvalue weighted by Gasteiger charge is 2.56. The Morgan fingerprint density at radius 1 is 1.19 bits per heavy atom. The number of carbonyl (C=O) groups excluding carboxylic acids is 1. The van der Waals surface area contributed by atoms with Gasteiger partial charge in [-0.25, -0.2) is 9.78 Å². The number of ether oxygens (including phenoxy) is 1. The molecule has 5 fully saturated rings. The van der Waals surface area contributed by atoms with E-state index < -0.39 is 5.60 Å². The Morgan fingerprint density at radius 3 is 2.77 bits per heavy atom. The number of hydrogen-bond acceptors (Lipinski definition) is 5. The highest BCUT2D eigenvalue weighted by molar-refractivity contribution is 6.31. The van der Waals surface area contributed by atoms with Crippen LogP contribution in [0, 0.1) is 17.8 Å². The van der Waals surface area contributed by atoms with Crippen molar-refractivity contribution in [3.05, 3.63) is 35.4 Å². The van der Waals surface area contributed by atoms with Crippen LogP contribution in [-0.2, 0) is 4.74 Å². The van der Waals surface area contributed by atoms with Gasteiger partial charge < -0.3 is 20.1 Å². The minimum Gasteiger partial charge on any atom is -0.446 e. The summed E-state index contributed by atoms with van der Waals surface area (Å²) < 4.78 is 6.04. The Hall–Kier alpha value is -2.05. The van der Waals surface area contributed by atoms with Gasteiger partial charge in [-0.2, -0.15) is 0 Å². The van der Waals surface area contributed by atoms with Crippen LogP contribution in [0.25, 0.3) is 10.9 Å². The predicted molar refractivity (Wildman–Crippen MR) is 119 cm³/mol. The Kier molecular flexibility index (Phi) is 4.58. The monoisotopic (exact) mass is 441 g/mol. The number of pyridine rings is 1. The van der Waals surface area contributed by atoms with Gasteiger partial charge in [0, 0.05) is 29.5 Å². The molecule has 7 heteroatoms. The van der Waals surface area contributed by atoms with E-state index in [2.05, 4.69) is 10.3 Å². The lowest BCUT2D eigenvalue weighted by atomic mass is 9.53. The summed E-state index contributed by atoms with van der Waals surface area (Å²) in [5.41, 5.74) is 0.396. The number of hydrogen-bond donors (Lipinski definition) is 2. The van der Waals surface area contributed by atoms with E-state index in [9.17, 15) is 9.90 Å². The number of fused-ring (bicyclic) bond motifs is 1. The second-order valence-corrected chi connectivity index (χ2v) is 10.6. The van der Waals surface area contributed by atoms with Crippen LogP contribution in [0.3, 0.4) is 0 Å². The van der Waals surface area contributed by atoms with Gasteiger partial charge >= 0.3 is 6.09 Å². The summed E-state index contributed by atoms with van der Waals surface area (Å²) >= 11 is 6.05. The third-order valence-corrected chi connectivity index (χ3v) is 8.08. The van der Waals surface area contributed by atoms with Crippen LogP contribution in [0.2, 0.25) is 5.02 Å². The summed E-state index contributed by atoms with van der Waals surface area (Å²) in [6.07, 6.45) is 5.37. The van der Waals surface area contributed by atoms with E-state index >= 15 is 0 Å². The van der Waals surface area contributed by atoms with Crippen LogP contribution < -0.4 is 5.32 Å². The molecule has 2 aromatic rings. The average molecular weight is 442 g/mol. The molecule has 0 spiro atoms. The molecular formula is C24H28ClN3O3. The molecule has 2 N–H and O–H groups in total. The predicted octanol–water partition coefficient (Wildman–Crippen LogP) is 4.45. The molecule has 1 aliphatic heterocycles. The van der Waals surface area contributed by atoms with E-state index in [4.69, 9.17) is 16.3 Å². The number of benzene rings is 1. The van der Waals surface area contributed by atoms with Gasteiger partial charge in [-0.1, -0.05) is 11.6 Å². The zero-order valence-electron chi connectivity index (χ0n) is 17.5. The molecule has 4 aliphatic carbocycles. The second kappa shape index (κ2) is 7.24. The lowest BCUT2D eigenvalue weighted by Gasteiger charge is -2.57. The molecule has 4 saturated carbocycles. The Bertz CT molecular complexity index is 1010. The van der Waals surface area contributed by atoms with Gasteiger partial charge in [-0.05, 0) is 86.6 Å². The van der Waals surface area contributed by atoms with Crippen LogP contribution in [0.1, 0.15) is 38.5 Å². The molecular weight excluding hydrogens is 414 g/mol. The summed E-state index contributed by atoms with van der Waals surface area (Å²) in [6, 6.07) is 9.80. The van der Waals surface area contributed by atoms with E-state index in [-0.39, 0.29) is 18.2 Å². The molecule has 31 heavy (non-hydrogen) atoms. The number of anilines is 1. The zero-order chi connectivity index (χ0) is 21.2. The number of nitrogens with zero attached hydrogens (tertiary/aromatic N) is 2. The van der Waals surface area contributed by atoms with Crippen LogP contribution in [0.15, 0.2) is 30.3 Å². The quantitative estimate of drug-likeness (QED) is 0.736. The van der Waals surface area contributed by atoms with E-state index in [0.717, 1.165) is 55.2 Å². The lowest BCUT2D eigenvalue weighted by Crippen LogP contribution is -2.58. The third kappa shape index (κ3) is 3.64. The van der Waals surface area contributed by atoms with Gasteiger partial charge in [-0.3, -0.25) is 0 Å². The lowest BCUT2D eigenvalue weighted by molar-refractivity contribution is -0.177. The highest BCUT2D eigenvalue weighted by atomic mass is 35.5. The summed E-state index contributed by atoms with van der Waals surface area (Å²) in [5.74, 6) is 2.08. The molecule has 2 heterocycles. The number of carbonyl (C=O) groups is 1. The van der Waals surface area contributed by atoms with Crippen molar-refractivity contribution in [2.75, 3.05) is 18.4 Å². The largest absolute Gasteiger partial charge is 0.446 e. The number of amides is 1. The van der Waals surface area contributed by atoms with Gasteiger partial charge in [-0.15, -0.1) is 0 Å². The maximum absolute atomic E-state index is 12.9. The summed E-state index contributed by atoms with van der Waals surface area (Å²) in [6.45, 7) is 1.31. The van der Waals surface area contributed by atoms with E-state index in [1.807, 2.05) is 35.2 Å². The highest BCUT2D eigenvalue weighted by Crippen LogP contribution is 2.56. The number of likely N-dealkylation sites (tertiary alicyclic amines) is 1. The first-order valence-electron chi connectivity index (χ1n) is 11.4. The van der Waals surface area contributed by atoms with E-state index in [1.54, 1.807) is 0 Å². The Labute approximate surface area is 186 Å². The molecule has 1 saturated heterocycles. The van der Waals surface area contributed by atoms with Gasteiger partial charge in [0.2, 0.25) is 0 Å². The van der Waals surface area contributed by atoms with Gasteiger partial charge in [0.15, 0.2) is 0 Å². The van der Waals surface area contributed by atoms with Gasteiger partial charge in [0.25, 0.3) is 0 Å². The molecule has 7 rings (SSSR count). The normalized spacial score (nSPS) is 36.2. The molecule has 1 aromatic heterocycles. The molecule has 1 aromatic carbocycles. The molecule has 6 atom stereocenters. The summed E-state index contributed by atoms with van der Waals surface area (Å²) in [4.78, 5) is 19.4. The SMILES string of the molecule is O=C(OC1C2CC3C[C@H]1C[C@@](O)(C3)C2)N1CC[C@@H](Nc2ccc3cc(Cl)ccc3n2)C1. The molecule has 4 bridgehead atoms. The minimum atomic E-state index is -0.500. The van der Waals surface area contributed by atoms with Crippen LogP contribution in [0.4, 0.5) is 10.6 Å². The molecule has 164 valence electrons. The number of nitrogens with one attached hydrogen (secondary N) is 1. The van der Waals surface area contributed by atoms with Crippen LogP contribution in [0.5, 0.6) is 0 Å². The summed E-state index contributed by atoms with van der Waals surface area (Å²) in [5, 5.41) is 15.9. The van der Waals surface area contributed by atoms with Crippen molar-refractivity contribution in [2.24, 2.45) is 17.8 Å². The Balaban J connectivity index is 1.07. The smallest absolute Gasteiger partial charge is 0.410 e. The van der Waals surface area contributed by atoms with Gasteiger partial charge in [0.1, 0.15) is 11.9 Å². The zero-order valence-corrected chi connectivity index (χ0v) is 18.2. The topological polar surface area (TPSA) is 74.7 Å². The third-order valence-electron chi connectivity index (χ3n) is 7.84. The fourth-order valence-electron chi connectivity index (χ4n) is 6.75. The maximum atomic E-state index is 12.9. The van der Waals surface area contributed by atoms with Crippen molar-refractivity contribution < 1.29 is 14.6 Å². The fraction of sp³-hybridized carbons (Fsp3) is 0.583. The van der Waals surface area contributed by atoms with Crippen molar-refractivity contribution in [1.29, 1.82) is 0 Å². The van der Waals surface area contributed by atoms with E-state index in [0.29, 0.717) is 35.9 Å². The first-order valence-corrected chi connectivity index (χ1v) is 11.8. The first kappa shape index (κ1) is 19.6. The van der Waals surface area contributed by atoms with Crippen molar-refractivity contribution in [3.8, 4) is 0 Å². The van der Waals surface area contributed by atoms with Crippen molar-refractivity contribution in [1.82, 2.24) is 9.88 Å². The fourth-order valence-corrected chi connectivity index (χ4v) is 6.93.